The van der Waals surface area contributed by atoms with Gasteiger partial charge in [0, 0.05) is 57.5 Å². The molecule has 0 radical (unpaired) electrons. The van der Waals surface area contributed by atoms with E-state index >= 15 is 0 Å². The fourth-order valence-corrected chi connectivity index (χ4v) is 4.23. The SMILES string of the molecule is O=C(CCc1nc(-c2ccc(Cl)cc2)no1)Nc1ccc2c(c1)c1ccccc1n2CCCF. The highest BCUT2D eigenvalue weighted by molar-refractivity contribution is 6.30. The Balaban J connectivity index is 1.28. The number of amides is 1. The van der Waals surface area contributed by atoms with Gasteiger partial charge in [-0.2, -0.15) is 4.98 Å². The monoisotopic (exact) mass is 476 g/mol. The first-order chi connectivity index (χ1) is 16.6. The molecule has 2 heterocycles. The van der Waals surface area contributed by atoms with E-state index in [2.05, 4.69) is 20.0 Å². The molecule has 0 atom stereocenters. The third-order valence-electron chi connectivity index (χ3n) is 5.71. The topological polar surface area (TPSA) is 72.9 Å². The summed E-state index contributed by atoms with van der Waals surface area (Å²) in [7, 11) is 0. The number of carbonyl (C=O) groups is 1. The number of nitrogens with zero attached hydrogens (tertiary/aromatic N) is 3. The molecule has 172 valence electrons. The number of nitrogens with one attached hydrogen (secondary N) is 1. The van der Waals surface area contributed by atoms with Crippen molar-refractivity contribution >= 4 is 45.0 Å². The Morgan fingerprint density at radius 3 is 2.65 bits per heavy atom. The number of rotatable bonds is 8. The van der Waals surface area contributed by atoms with Gasteiger partial charge in [0.05, 0.1) is 6.67 Å². The lowest BCUT2D eigenvalue weighted by atomic mass is 10.1. The van der Waals surface area contributed by atoms with Crippen LogP contribution in [0.1, 0.15) is 18.7 Å². The molecule has 0 unspecified atom stereocenters. The molecule has 0 aliphatic rings. The van der Waals surface area contributed by atoms with Gasteiger partial charge in [0.2, 0.25) is 17.6 Å². The number of fused-ring (bicyclic) bond motifs is 3. The van der Waals surface area contributed by atoms with Crippen molar-refractivity contribution in [3.63, 3.8) is 0 Å². The van der Waals surface area contributed by atoms with E-state index < -0.39 is 0 Å². The number of hydrogen-bond donors (Lipinski definition) is 1. The molecule has 0 aliphatic heterocycles. The van der Waals surface area contributed by atoms with Gasteiger partial charge in [-0.25, -0.2) is 0 Å². The average molecular weight is 477 g/mol. The summed E-state index contributed by atoms with van der Waals surface area (Å²) in [5, 5.41) is 9.66. The molecule has 2 aromatic heterocycles. The van der Waals surface area contributed by atoms with Gasteiger partial charge in [-0.05, 0) is 55.0 Å². The van der Waals surface area contributed by atoms with Crippen molar-refractivity contribution < 1.29 is 13.7 Å². The smallest absolute Gasteiger partial charge is 0.227 e. The van der Waals surface area contributed by atoms with Crippen molar-refractivity contribution in [1.29, 1.82) is 0 Å². The summed E-state index contributed by atoms with van der Waals surface area (Å²) in [6.45, 7) is 0.248. The number of aromatic nitrogens is 3. The molecule has 6 nitrogen and oxygen atoms in total. The Labute approximate surface area is 200 Å². The minimum absolute atomic E-state index is 0.147. The summed E-state index contributed by atoms with van der Waals surface area (Å²) in [5.41, 5.74) is 3.58. The lowest BCUT2D eigenvalue weighted by molar-refractivity contribution is -0.116. The maximum Gasteiger partial charge on any atom is 0.227 e. The molecule has 3 aromatic carbocycles. The maximum absolute atomic E-state index is 12.8. The van der Waals surface area contributed by atoms with Crippen LogP contribution in [0.25, 0.3) is 33.2 Å². The van der Waals surface area contributed by atoms with Crippen LogP contribution in [0.3, 0.4) is 0 Å². The first-order valence-electron chi connectivity index (χ1n) is 11.1. The van der Waals surface area contributed by atoms with Crippen molar-refractivity contribution in [2.45, 2.75) is 25.8 Å². The normalized spacial score (nSPS) is 11.4. The van der Waals surface area contributed by atoms with E-state index in [1.165, 1.54) is 0 Å². The molecule has 1 amide bonds. The number of para-hydroxylation sites is 1. The van der Waals surface area contributed by atoms with Gasteiger partial charge in [0.1, 0.15) is 0 Å². The predicted molar refractivity (Wildman–Crippen MR) is 132 cm³/mol. The molecule has 34 heavy (non-hydrogen) atoms. The van der Waals surface area contributed by atoms with Crippen LogP contribution < -0.4 is 5.32 Å². The Kier molecular flexibility index (Phi) is 6.27. The lowest BCUT2D eigenvalue weighted by Crippen LogP contribution is -2.12. The molecule has 0 spiro atoms. The van der Waals surface area contributed by atoms with E-state index in [1.54, 1.807) is 12.1 Å². The molecule has 0 fully saturated rings. The highest BCUT2D eigenvalue weighted by Crippen LogP contribution is 2.31. The van der Waals surface area contributed by atoms with E-state index in [4.69, 9.17) is 16.1 Å². The van der Waals surface area contributed by atoms with Crippen molar-refractivity contribution in [3.05, 3.63) is 77.6 Å². The maximum atomic E-state index is 12.8. The van der Waals surface area contributed by atoms with Gasteiger partial charge in [-0.1, -0.05) is 35.0 Å². The van der Waals surface area contributed by atoms with Gasteiger partial charge < -0.3 is 14.4 Å². The van der Waals surface area contributed by atoms with E-state index in [1.807, 2.05) is 54.6 Å². The summed E-state index contributed by atoms with van der Waals surface area (Å²) >= 11 is 5.91. The van der Waals surface area contributed by atoms with E-state index in [0.717, 1.165) is 27.4 Å². The summed E-state index contributed by atoms with van der Waals surface area (Å²) in [6, 6.07) is 21.0. The third kappa shape index (κ3) is 4.52. The van der Waals surface area contributed by atoms with Gasteiger partial charge in [0.25, 0.3) is 0 Å². The van der Waals surface area contributed by atoms with E-state index in [0.29, 0.717) is 41.8 Å². The number of anilines is 1. The second kappa shape index (κ2) is 9.65. The molecule has 5 rings (SSSR count). The van der Waals surface area contributed by atoms with Crippen LogP contribution in [0.15, 0.2) is 71.3 Å². The third-order valence-corrected chi connectivity index (χ3v) is 5.96. The predicted octanol–water partition coefficient (Wildman–Crippen LogP) is 6.43. The van der Waals surface area contributed by atoms with Gasteiger partial charge in [-0.15, -0.1) is 0 Å². The van der Waals surface area contributed by atoms with Gasteiger partial charge in [-0.3, -0.25) is 9.18 Å². The number of benzene rings is 3. The quantitative estimate of drug-likeness (QED) is 0.280. The Morgan fingerprint density at radius 1 is 1.03 bits per heavy atom. The van der Waals surface area contributed by atoms with Crippen molar-refractivity contribution in [2.24, 2.45) is 0 Å². The fourth-order valence-electron chi connectivity index (χ4n) is 4.11. The number of hydrogen-bond acceptors (Lipinski definition) is 4. The van der Waals surface area contributed by atoms with Crippen LogP contribution in [0.5, 0.6) is 0 Å². The second-order valence-electron chi connectivity index (χ2n) is 8.01. The fraction of sp³-hybridized carbons (Fsp3) is 0.192. The summed E-state index contributed by atoms with van der Waals surface area (Å²) in [4.78, 5) is 16.9. The molecule has 5 aromatic rings. The number of carbonyl (C=O) groups excluding carboxylic acids is 1. The van der Waals surface area contributed by atoms with Gasteiger partial charge in [0.15, 0.2) is 0 Å². The summed E-state index contributed by atoms with van der Waals surface area (Å²) in [6.07, 6.45) is 0.997. The van der Waals surface area contributed by atoms with E-state index in [-0.39, 0.29) is 19.0 Å². The first-order valence-corrected chi connectivity index (χ1v) is 11.5. The number of aryl methyl sites for hydroxylation is 2. The van der Waals surface area contributed by atoms with Crippen molar-refractivity contribution in [2.75, 3.05) is 12.0 Å². The molecular weight excluding hydrogens is 455 g/mol. The van der Waals surface area contributed by atoms with Crippen LogP contribution >= 0.6 is 11.6 Å². The molecule has 8 heteroatoms. The van der Waals surface area contributed by atoms with Crippen molar-refractivity contribution in [3.8, 4) is 11.4 Å². The van der Waals surface area contributed by atoms with Crippen LogP contribution in [-0.2, 0) is 17.8 Å². The summed E-state index contributed by atoms with van der Waals surface area (Å²) in [5.74, 6) is 0.708. The van der Waals surface area contributed by atoms with Crippen LogP contribution in [0.2, 0.25) is 5.02 Å². The first kappa shape index (κ1) is 22.1. The Bertz CT molecular complexity index is 1460. The minimum atomic E-state index is -0.358. The molecular formula is C26H22ClFN4O2. The molecule has 0 saturated carbocycles. The Morgan fingerprint density at radius 2 is 1.82 bits per heavy atom. The largest absolute Gasteiger partial charge is 0.340 e. The standard InChI is InChI=1S/C26H22ClFN4O2/c27-18-8-6-17(7-9-18)26-30-25(34-31-26)13-12-24(33)29-19-10-11-23-21(16-19)20-4-1-2-5-22(20)32(23)15-3-14-28/h1-2,4-11,16H,3,12-15H2,(H,29,33). The molecule has 0 bridgehead atoms. The number of halogens is 2. The van der Waals surface area contributed by atoms with E-state index in [9.17, 15) is 9.18 Å². The zero-order valence-electron chi connectivity index (χ0n) is 18.3. The zero-order valence-corrected chi connectivity index (χ0v) is 19.1. The van der Waals surface area contributed by atoms with Crippen molar-refractivity contribution in [1.82, 2.24) is 14.7 Å². The summed E-state index contributed by atoms with van der Waals surface area (Å²) < 4.78 is 20.2. The second-order valence-corrected chi connectivity index (χ2v) is 8.45. The van der Waals surface area contributed by atoms with Crippen LogP contribution in [0, 0.1) is 0 Å². The average Bonchev–Trinajstić information content (AvgIpc) is 3.45. The Hall–Kier alpha value is -3.71. The molecule has 0 aliphatic carbocycles. The minimum Gasteiger partial charge on any atom is -0.340 e. The molecule has 0 saturated heterocycles. The highest BCUT2D eigenvalue weighted by Gasteiger charge is 2.13. The zero-order chi connectivity index (χ0) is 23.5. The van der Waals surface area contributed by atoms with Crippen LogP contribution in [0.4, 0.5) is 10.1 Å². The number of alkyl halides is 1. The van der Waals surface area contributed by atoms with Gasteiger partial charge >= 0.3 is 0 Å². The lowest BCUT2D eigenvalue weighted by Gasteiger charge is -2.07. The molecule has 1 N–H and O–H groups in total. The van der Waals surface area contributed by atoms with Crippen LogP contribution in [-0.4, -0.2) is 27.3 Å². The highest BCUT2D eigenvalue weighted by atomic mass is 35.5.